The number of methoxy groups -OCH3 is 1. The van der Waals surface area contributed by atoms with Crippen molar-refractivity contribution in [1.82, 2.24) is 15.3 Å². The number of ether oxygens (including phenoxy) is 1. The molecule has 1 aromatic heterocycles. The van der Waals surface area contributed by atoms with Gasteiger partial charge in [-0.1, -0.05) is 0 Å². The second kappa shape index (κ2) is 6.51. The number of aromatic nitrogens is 2. The highest BCUT2D eigenvalue weighted by atomic mass is 32.2. The smallest absolute Gasteiger partial charge is 0.262 e. The van der Waals surface area contributed by atoms with Gasteiger partial charge in [-0.2, -0.15) is 0 Å². The quantitative estimate of drug-likeness (QED) is 0.827. The number of hydrogen-bond donors (Lipinski definition) is 2. The minimum Gasteiger partial charge on any atom is -0.496 e. The predicted octanol–water partition coefficient (Wildman–Crippen LogP) is 1.01. The molecule has 0 bridgehead atoms. The van der Waals surface area contributed by atoms with Gasteiger partial charge in [-0.25, -0.2) is 18.4 Å². The number of rotatable bonds is 6. The number of hydrogen-bond acceptors (Lipinski definition) is 6. The fourth-order valence-corrected chi connectivity index (χ4v) is 2.89. The van der Waals surface area contributed by atoms with E-state index in [-0.39, 0.29) is 4.90 Å². The van der Waals surface area contributed by atoms with Gasteiger partial charge in [0.15, 0.2) is 0 Å². The SMILES string of the molecule is CNCc1cc(S(=O)(=O)Nc2cncnc2)ccc1OC. The summed E-state index contributed by atoms with van der Waals surface area (Å²) in [6.45, 7) is 0.501. The van der Waals surface area contributed by atoms with Crippen LogP contribution >= 0.6 is 0 Å². The van der Waals surface area contributed by atoms with Crippen LogP contribution < -0.4 is 14.8 Å². The molecule has 8 heteroatoms. The lowest BCUT2D eigenvalue weighted by atomic mass is 10.2. The van der Waals surface area contributed by atoms with Crippen molar-refractivity contribution < 1.29 is 13.2 Å². The van der Waals surface area contributed by atoms with E-state index in [1.54, 1.807) is 26.3 Å². The molecule has 0 spiro atoms. The molecule has 0 saturated heterocycles. The van der Waals surface area contributed by atoms with E-state index in [1.807, 2.05) is 0 Å². The highest BCUT2D eigenvalue weighted by Crippen LogP contribution is 2.23. The van der Waals surface area contributed by atoms with Crippen molar-refractivity contribution in [3.05, 3.63) is 42.5 Å². The number of nitrogens with zero attached hydrogens (tertiary/aromatic N) is 2. The molecule has 1 heterocycles. The zero-order chi connectivity index (χ0) is 15.3. The Morgan fingerprint density at radius 1 is 1.24 bits per heavy atom. The zero-order valence-corrected chi connectivity index (χ0v) is 12.5. The largest absolute Gasteiger partial charge is 0.496 e. The highest BCUT2D eigenvalue weighted by Gasteiger charge is 2.16. The van der Waals surface area contributed by atoms with Crippen LogP contribution in [0.5, 0.6) is 5.75 Å². The first-order valence-electron chi connectivity index (χ1n) is 6.16. The number of nitrogens with one attached hydrogen (secondary N) is 2. The molecule has 21 heavy (non-hydrogen) atoms. The van der Waals surface area contributed by atoms with E-state index in [2.05, 4.69) is 20.0 Å². The van der Waals surface area contributed by atoms with Crippen molar-refractivity contribution in [2.75, 3.05) is 18.9 Å². The second-order valence-electron chi connectivity index (χ2n) is 4.24. The topological polar surface area (TPSA) is 93.2 Å². The molecule has 7 nitrogen and oxygen atoms in total. The van der Waals surface area contributed by atoms with Crippen molar-refractivity contribution in [3.63, 3.8) is 0 Å². The maximum atomic E-state index is 12.3. The Balaban J connectivity index is 2.34. The molecule has 0 unspecified atom stereocenters. The molecular weight excluding hydrogens is 292 g/mol. The molecule has 112 valence electrons. The third-order valence-electron chi connectivity index (χ3n) is 2.74. The van der Waals surface area contributed by atoms with Gasteiger partial charge >= 0.3 is 0 Å². The Kier molecular flexibility index (Phi) is 4.71. The molecule has 0 aliphatic heterocycles. The van der Waals surface area contributed by atoms with E-state index in [0.29, 0.717) is 18.0 Å². The standard InChI is InChI=1S/C13H16N4O3S/c1-14-6-10-5-12(3-4-13(10)20-2)21(18,19)17-11-7-15-9-16-8-11/h3-5,7-9,14,17H,6H2,1-2H3. The minimum atomic E-state index is -3.69. The maximum Gasteiger partial charge on any atom is 0.262 e. The average Bonchev–Trinajstić information content (AvgIpc) is 2.48. The van der Waals surface area contributed by atoms with Gasteiger partial charge in [0.1, 0.15) is 12.1 Å². The Hall–Kier alpha value is -2.19. The molecule has 0 amide bonds. The first-order chi connectivity index (χ1) is 10.1. The lowest BCUT2D eigenvalue weighted by Crippen LogP contribution is -2.14. The van der Waals surface area contributed by atoms with E-state index in [1.165, 1.54) is 24.8 Å². The fourth-order valence-electron chi connectivity index (χ4n) is 1.82. The van der Waals surface area contributed by atoms with E-state index in [4.69, 9.17) is 4.74 Å². The summed E-state index contributed by atoms with van der Waals surface area (Å²) in [4.78, 5) is 7.69. The van der Waals surface area contributed by atoms with Crippen LogP contribution in [0.2, 0.25) is 0 Å². The lowest BCUT2D eigenvalue weighted by Gasteiger charge is -2.12. The normalized spacial score (nSPS) is 11.1. The van der Waals surface area contributed by atoms with Gasteiger partial charge in [0.05, 0.1) is 30.1 Å². The third kappa shape index (κ3) is 3.67. The van der Waals surface area contributed by atoms with Crippen molar-refractivity contribution in [3.8, 4) is 5.75 Å². The molecule has 1 aromatic carbocycles. The summed E-state index contributed by atoms with van der Waals surface area (Å²) >= 11 is 0. The highest BCUT2D eigenvalue weighted by molar-refractivity contribution is 7.92. The molecule has 2 rings (SSSR count). The number of benzene rings is 1. The predicted molar refractivity (Wildman–Crippen MR) is 78.6 cm³/mol. The van der Waals surface area contributed by atoms with E-state index in [0.717, 1.165) is 5.56 Å². The van der Waals surface area contributed by atoms with Crippen LogP contribution in [-0.2, 0) is 16.6 Å². The van der Waals surface area contributed by atoms with Crippen LogP contribution in [0, 0.1) is 0 Å². The van der Waals surface area contributed by atoms with Crippen molar-refractivity contribution in [1.29, 1.82) is 0 Å². The Morgan fingerprint density at radius 2 is 1.95 bits per heavy atom. The minimum absolute atomic E-state index is 0.150. The first kappa shape index (κ1) is 15.2. The van der Waals surface area contributed by atoms with Gasteiger partial charge in [-0.3, -0.25) is 4.72 Å². The summed E-state index contributed by atoms with van der Waals surface area (Å²) in [6, 6.07) is 4.69. The molecule has 2 aromatic rings. The van der Waals surface area contributed by atoms with E-state index < -0.39 is 10.0 Å². The van der Waals surface area contributed by atoms with Crippen LogP contribution in [0.1, 0.15) is 5.56 Å². The van der Waals surface area contributed by atoms with Crippen LogP contribution in [0.25, 0.3) is 0 Å². The molecule has 0 aliphatic carbocycles. The zero-order valence-electron chi connectivity index (χ0n) is 11.7. The van der Waals surface area contributed by atoms with Gasteiger partial charge in [0.2, 0.25) is 0 Å². The van der Waals surface area contributed by atoms with Gasteiger partial charge in [-0.05, 0) is 25.2 Å². The van der Waals surface area contributed by atoms with Gasteiger partial charge in [-0.15, -0.1) is 0 Å². The van der Waals surface area contributed by atoms with E-state index >= 15 is 0 Å². The average molecular weight is 308 g/mol. The van der Waals surface area contributed by atoms with Crippen LogP contribution in [0.15, 0.2) is 41.8 Å². The molecule has 2 N–H and O–H groups in total. The summed E-state index contributed by atoms with van der Waals surface area (Å²) in [5.74, 6) is 0.631. The van der Waals surface area contributed by atoms with Gasteiger partial charge in [0, 0.05) is 12.1 Å². The Labute approximate surface area is 123 Å². The van der Waals surface area contributed by atoms with Gasteiger partial charge < -0.3 is 10.1 Å². The van der Waals surface area contributed by atoms with E-state index in [9.17, 15) is 8.42 Å². The maximum absolute atomic E-state index is 12.3. The number of sulfonamides is 1. The lowest BCUT2D eigenvalue weighted by molar-refractivity contribution is 0.408. The summed E-state index contributed by atoms with van der Waals surface area (Å²) in [5, 5.41) is 2.97. The summed E-state index contributed by atoms with van der Waals surface area (Å²) < 4.78 is 32.3. The van der Waals surface area contributed by atoms with Gasteiger partial charge in [0.25, 0.3) is 10.0 Å². The number of anilines is 1. The van der Waals surface area contributed by atoms with Crippen molar-refractivity contribution in [2.24, 2.45) is 0 Å². The first-order valence-corrected chi connectivity index (χ1v) is 7.64. The summed E-state index contributed by atoms with van der Waals surface area (Å²) in [6.07, 6.45) is 4.11. The molecule has 0 radical (unpaired) electrons. The van der Waals surface area contributed by atoms with Crippen LogP contribution in [-0.4, -0.2) is 32.5 Å². The monoisotopic (exact) mass is 308 g/mol. The summed E-state index contributed by atoms with van der Waals surface area (Å²) in [7, 11) is -0.371. The molecule has 0 aliphatic rings. The molecule has 0 atom stereocenters. The Bertz CT molecular complexity index is 705. The van der Waals surface area contributed by atoms with Crippen LogP contribution in [0.3, 0.4) is 0 Å². The molecular formula is C13H16N4O3S. The van der Waals surface area contributed by atoms with Crippen LogP contribution in [0.4, 0.5) is 5.69 Å². The fraction of sp³-hybridized carbons (Fsp3) is 0.231. The van der Waals surface area contributed by atoms with Crippen molar-refractivity contribution >= 4 is 15.7 Å². The molecule has 0 saturated carbocycles. The summed E-state index contributed by atoms with van der Waals surface area (Å²) in [5.41, 5.74) is 1.07. The third-order valence-corrected chi connectivity index (χ3v) is 4.12. The Morgan fingerprint density at radius 3 is 2.57 bits per heavy atom. The molecule has 0 fully saturated rings. The second-order valence-corrected chi connectivity index (χ2v) is 5.92. The van der Waals surface area contributed by atoms with Crippen molar-refractivity contribution in [2.45, 2.75) is 11.4 Å².